The van der Waals surface area contributed by atoms with Gasteiger partial charge in [0.15, 0.2) is 0 Å². The van der Waals surface area contributed by atoms with Crippen LogP contribution in [0, 0.1) is 6.92 Å². The van der Waals surface area contributed by atoms with Gasteiger partial charge in [0, 0.05) is 16.6 Å². The highest BCUT2D eigenvalue weighted by atomic mass is 32.2. The maximum absolute atomic E-state index is 12.5. The third-order valence-corrected chi connectivity index (χ3v) is 5.84. The smallest absolute Gasteiger partial charge is 0.234 e. The molecule has 0 atom stereocenters. The molecule has 0 unspecified atom stereocenters. The quantitative estimate of drug-likeness (QED) is 0.438. The summed E-state index contributed by atoms with van der Waals surface area (Å²) in [5.41, 5.74) is 3.38. The maximum Gasteiger partial charge on any atom is 0.234 e. The zero-order valence-electron chi connectivity index (χ0n) is 16.3. The highest BCUT2D eigenvalue weighted by Crippen LogP contribution is 2.25. The molecule has 0 saturated carbocycles. The number of amides is 1. The van der Waals surface area contributed by atoms with Crippen LogP contribution in [0.3, 0.4) is 0 Å². The second-order valence-corrected chi connectivity index (χ2v) is 8.25. The molecule has 2 aromatic carbocycles. The van der Waals surface area contributed by atoms with Gasteiger partial charge in [-0.1, -0.05) is 23.9 Å². The monoisotopic (exact) mass is 438 g/mol. The van der Waals surface area contributed by atoms with Crippen LogP contribution in [0.25, 0.3) is 16.9 Å². The number of tetrazole rings is 1. The number of methoxy groups -OCH3 is 1. The first-order valence-corrected chi connectivity index (χ1v) is 10.9. The Morgan fingerprint density at radius 2 is 2.07 bits per heavy atom. The Balaban J connectivity index is 1.40. The zero-order chi connectivity index (χ0) is 20.9. The lowest BCUT2D eigenvalue weighted by molar-refractivity contribution is -0.113. The Bertz CT molecular complexity index is 1160. The number of benzene rings is 2. The van der Waals surface area contributed by atoms with Crippen LogP contribution >= 0.6 is 23.1 Å². The fraction of sp³-hybridized carbons (Fsp3) is 0.150. The summed E-state index contributed by atoms with van der Waals surface area (Å²) >= 11 is 2.86. The van der Waals surface area contributed by atoms with Crippen molar-refractivity contribution in [1.82, 2.24) is 25.2 Å². The molecule has 0 bridgehead atoms. The summed E-state index contributed by atoms with van der Waals surface area (Å²) in [6.07, 6.45) is 0. The normalized spacial score (nSPS) is 10.7. The summed E-state index contributed by atoms with van der Waals surface area (Å²) < 4.78 is 6.75. The molecule has 152 valence electrons. The predicted molar refractivity (Wildman–Crippen MR) is 117 cm³/mol. The largest absolute Gasteiger partial charge is 0.497 e. The van der Waals surface area contributed by atoms with E-state index in [1.165, 1.54) is 11.8 Å². The Morgan fingerprint density at radius 1 is 1.23 bits per heavy atom. The van der Waals surface area contributed by atoms with Crippen LogP contribution in [0.2, 0.25) is 0 Å². The minimum atomic E-state index is -0.143. The number of ether oxygens (including phenoxy) is 1. The van der Waals surface area contributed by atoms with E-state index in [2.05, 4.69) is 25.8 Å². The average molecular weight is 439 g/mol. The van der Waals surface area contributed by atoms with Crippen LogP contribution in [-0.2, 0) is 4.79 Å². The molecular formula is C20H18N6O2S2. The first-order valence-electron chi connectivity index (χ1n) is 9.00. The van der Waals surface area contributed by atoms with E-state index in [1.54, 1.807) is 23.1 Å². The number of hydrogen-bond donors (Lipinski definition) is 1. The Hall–Kier alpha value is -3.24. The van der Waals surface area contributed by atoms with Gasteiger partial charge in [0.1, 0.15) is 5.75 Å². The maximum atomic E-state index is 12.5. The van der Waals surface area contributed by atoms with E-state index in [-0.39, 0.29) is 11.7 Å². The second kappa shape index (κ2) is 9.06. The predicted octanol–water partition coefficient (Wildman–Crippen LogP) is 3.83. The van der Waals surface area contributed by atoms with Gasteiger partial charge < -0.3 is 10.1 Å². The molecule has 0 fully saturated rings. The number of rotatable bonds is 7. The number of hydrogen-bond acceptors (Lipinski definition) is 8. The van der Waals surface area contributed by atoms with Crippen molar-refractivity contribution in [3.05, 3.63) is 58.9 Å². The van der Waals surface area contributed by atoms with Crippen molar-refractivity contribution < 1.29 is 9.53 Å². The number of carbonyl (C=O) groups excluding carboxylic acids is 1. The highest BCUT2D eigenvalue weighted by molar-refractivity contribution is 7.99. The Labute approximate surface area is 181 Å². The van der Waals surface area contributed by atoms with Gasteiger partial charge in [-0.3, -0.25) is 4.79 Å². The molecule has 0 aliphatic rings. The van der Waals surface area contributed by atoms with Gasteiger partial charge in [-0.2, -0.15) is 4.68 Å². The Morgan fingerprint density at radius 3 is 2.80 bits per heavy atom. The lowest BCUT2D eigenvalue weighted by atomic mass is 10.1. The van der Waals surface area contributed by atoms with E-state index >= 15 is 0 Å². The fourth-order valence-corrected chi connectivity index (χ4v) is 4.05. The fourth-order valence-electron chi connectivity index (χ4n) is 2.73. The number of thioether (sulfide) groups is 1. The van der Waals surface area contributed by atoms with Crippen molar-refractivity contribution in [3.8, 4) is 22.7 Å². The van der Waals surface area contributed by atoms with E-state index in [4.69, 9.17) is 4.74 Å². The molecule has 4 aromatic rings. The van der Waals surface area contributed by atoms with Crippen LogP contribution in [0.1, 0.15) is 5.01 Å². The van der Waals surface area contributed by atoms with Crippen LogP contribution < -0.4 is 10.1 Å². The van der Waals surface area contributed by atoms with E-state index < -0.39 is 0 Å². The zero-order valence-corrected chi connectivity index (χ0v) is 17.9. The molecule has 1 N–H and O–H groups in total. The lowest BCUT2D eigenvalue weighted by Crippen LogP contribution is -2.14. The van der Waals surface area contributed by atoms with Crippen molar-refractivity contribution in [1.29, 1.82) is 0 Å². The first-order chi connectivity index (χ1) is 14.6. The summed E-state index contributed by atoms with van der Waals surface area (Å²) in [5, 5.41) is 18.2. The van der Waals surface area contributed by atoms with E-state index in [0.717, 1.165) is 33.4 Å². The van der Waals surface area contributed by atoms with E-state index in [0.29, 0.717) is 5.16 Å². The molecule has 10 heteroatoms. The van der Waals surface area contributed by atoms with Crippen LogP contribution in [0.4, 0.5) is 5.69 Å². The molecule has 4 rings (SSSR count). The van der Waals surface area contributed by atoms with Gasteiger partial charge in [0.25, 0.3) is 0 Å². The van der Waals surface area contributed by atoms with Crippen LogP contribution in [-0.4, -0.2) is 44.0 Å². The van der Waals surface area contributed by atoms with Gasteiger partial charge in [0.2, 0.25) is 11.1 Å². The van der Waals surface area contributed by atoms with Crippen LogP contribution in [0.5, 0.6) is 5.75 Å². The summed E-state index contributed by atoms with van der Waals surface area (Å²) in [7, 11) is 1.61. The summed E-state index contributed by atoms with van der Waals surface area (Å²) in [4.78, 5) is 16.9. The molecule has 0 saturated heterocycles. The molecule has 0 aliphatic carbocycles. The number of thiazole rings is 1. The number of nitrogens with one attached hydrogen (secondary N) is 1. The van der Waals surface area contributed by atoms with Gasteiger partial charge in [-0.25, -0.2) is 4.98 Å². The number of aromatic nitrogens is 5. The highest BCUT2D eigenvalue weighted by Gasteiger charge is 2.12. The summed E-state index contributed by atoms with van der Waals surface area (Å²) in [6, 6.07) is 15.0. The number of aryl methyl sites for hydroxylation is 1. The molecular weight excluding hydrogens is 420 g/mol. The minimum Gasteiger partial charge on any atom is -0.497 e. The number of nitrogens with zero attached hydrogens (tertiary/aromatic N) is 5. The van der Waals surface area contributed by atoms with Gasteiger partial charge in [-0.05, 0) is 53.7 Å². The minimum absolute atomic E-state index is 0.143. The Kier molecular flexibility index (Phi) is 6.05. The second-order valence-electron chi connectivity index (χ2n) is 6.24. The standard InChI is InChI=1S/C20H18N6O2S2/c1-13-21-18(11-29-13)14-4-3-5-15(10-14)22-19(27)12-30-20-23-24-25-26(20)16-6-8-17(28-2)9-7-16/h3-11H,12H2,1-2H3,(H,22,27). The lowest BCUT2D eigenvalue weighted by Gasteiger charge is -2.07. The van der Waals surface area contributed by atoms with Gasteiger partial charge in [-0.15, -0.1) is 16.4 Å². The third kappa shape index (κ3) is 4.66. The molecule has 30 heavy (non-hydrogen) atoms. The SMILES string of the molecule is COc1ccc(-n2nnnc2SCC(=O)Nc2cccc(-c3csc(C)n3)c2)cc1. The van der Waals surface area contributed by atoms with E-state index in [9.17, 15) is 4.79 Å². The molecule has 0 radical (unpaired) electrons. The summed E-state index contributed by atoms with van der Waals surface area (Å²) in [6.45, 7) is 1.97. The van der Waals surface area contributed by atoms with Crippen molar-refractivity contribution in [2.45, 2.75) is 12.1 Å². The first kappa shape index (κ1) is 20.0. The van der Waals surface area contributed by atoms with Crippen molar-refractivity contribution >= 4 is 34.7 Å². The molecule has 2 heterocycles. The van der Waals surface area contributed by atoms with Gasteiger partial charge >= 0.3 is 0 Å². The molecule has 0 spiro atoms. The molecule has 0 aliphatic heterocycles. The third-order valence-electron chi connectivity index (χ3n) is 4.15. The molecule has 2 aromatic heterocycles. The van der Waals surface area contributed by atoms with Crippen molar-refractivity contribution in [3.63, 3.8) is 0 Å². The summed E-state index contributed by atoms with van der Waals surface area (Å²) in [5.74, 6) is 0.780. The van der Waals surface area contributed by atoms with Gasteiger partial charge in [0.05, 0.1) is 29.3 Å². The van der Waals surface area contributed by atoms with Crippen molar-refractivity contribution in [2.24, 2.45) is 0 Å². The van der Waals surface area contributed by atoms with E-state index in [1.807, 2.05) is 60.8 Å². The topological polar surface area (TPSA) is 94.8 Å². The molecule has 1 amide bonds. The average Bonchev–Trinajstić information content (AvgIpc) is 3.41. The number of carbonyl (C=O) groups is 1. The molecule has 8 nitrogen and oxygen atoms in total. The number of anilines is 1. The van der Waals surface area contributed by atoms with Crippen molar-refractivity contribution in [2.75, 3.05) is 18.2 Å². The van der Waals surface area contributed by atoms with Crippen LogP contribution in [0.15, 0.2) is 59.1 Å².